The highest BCUT2D eigenvalue weighted by molar-refractivity contribution is 8.15. The number of hydrogen-bond acceptors (Lipinski definition) is 3. The Kier molecular flexibility index (Phi) is 1.70. The fraction of sp³-hybridized carbons (Fsp3) is 0.750. The summed E-state index contributed by atoms with van der Waals surface area (Å²) in [4.78, 5) is 4.01. The molecule has 0 amide bonds. The molecule has 0 unspecified atom stereocenters. The van der Waals surface area contributed by atoms with E-state index in [1.54, 1.807) is 18.9 Å². The molecular formula is C4H7NOS. The minimum Gasteiger partial charge on any atom is -0.378 e. The average molecular weight is 117 g/mol. The summed E-state index contributed by atoms with van der Waals surface area (Å²) in [6.45, 7) is 0.699. The van der Waals surface area contributed by atoms with E-state index in [9.17, 15) is 0 Å². The molecule has 1 heterocycles. The maximum absolute atomic E-state index is 4.79. The normalized spacial score (nSPS) is 18.1. The van der Waals surface area contributed by atoms with E-state index in [2.05, 4.69) is 4.99 Å². The van der Waals surface area contributed by atoms with Crippen LogP contribution in [-0.4, -0.2) is 24.6 Å². The van der Waals surface area contributed by atoms with E-state index in [0.29, 0.717) is 6.61 Å². The number of rotatable bonds is 2. The number of methoxy groups -OCH3 is 1. The van der Waals surface area contributed by atoms with Crippen molar-refractivity contribution >= 4 is 16.8 Å². The van der Waals surface area contributed by atoms with E-state index < -0.39 is 0 Å². The molecule has 0 saturated heterocycles. The topological polar surface area (TPSA) is 21.6 Å². The lowest BCUT2D eigenvalue weighted by atomic mass is 10.8. The molecule has 0 spiro atoms. The molecule has 1 aliphatic heterocycles. The summed E-state index contributed by atoms with van der Waals surface area (Å²) < 4.78 is 4.79. The fourth-order valence-electron chi connectivity index (χ4n) is 0.367. The Morgan fingerprint density at radius 3 is 2.86 bits per heavy atom. The first-order valence-electron chi connectivity index (χ1n) is 2.08. The predicted octanol–water partition coefficient (Wildman–Crippen LogP) is 0.736. The maximum Gasteiger partial charge on any atom is 0.0962 e. The van der Waals surface area contributed by atoms with Gasteiger partial charge in [-0.1, -0.05) is 11.8 Å². The van der Waals surface area contributed by atoms with Gasteiger partial charge in [0.25, 0.3) is 0 Å². The minimum absolute atomic E-state index is 0.699. The monoisotopic (exact) mass is 117 g/mol. The van der Waals surface area contributed by atoms with Gasteiger partial charge in [0.05, 0.1) is 17.5 Å². The lowest BCUT2D eigenvalue weighted by Gasteiger charge is -2.09. The molecule has 0 aromatic rings. The first-order chi connectivity index (χ1) is 3.43. The highest BCUT2D eigenvalue weighted by Crippen LogP contribution is 2.14. The zero-order valence-electron chi connectivity index (χ0n) is 4.18. The number of ether oxygens (including phenoxy) is 1. The Balaban J connectivity index is 2.15. The van der Waals surface area contributed by atoms with Crippen LogP contribution in [0.25, 0.3) is 0 Å². The second kappa shape index (κ2) is 2.33. The van der Waals surface area contributed by atoms with Gasteiger partial charge in [-0.3, -0.25) is 4.99 Å². The van der Waals surface area contributed by atoms with Crippen LogP contribution in [0.3, 0.4) is 0 Å². The molecule has 7 heavy (non-hydrogen) atoms. The Labute approximate surface area is 47.0 Å². The van der Waals surface area contributed by atoms with Crippen molar-refractivity contribution in [1.82, 2.24) is 0 Å². The Morgan fingerprint density at radius 1 is 2.00 bits per heavy atom. The molecular weight excluding hydrogens is 110 g/mol. The summed E-state index contributed by atoms with van der Waals surface area (Å²) in [5.74, 6) is 0.929. The number of thioether (sulfide) groups is 1. The smallest absolute Gasteiger partial charge is 0.0962 e. The number of nitrogens with zero attached hydrogens (tertiary/aromatic N) is 1. The minimum atomic E-state index is 0.699. The second-order valence-electron chi connectivity index (χ2n) is 1.26. The van der Waals surface area contributed by atoms with Gasteiger partial charge in [-0.2, -0.15) is 0 Å². The molecule has 0 radical (unpaired) electrons. The van der Waals surface area contributed by atoms with Gasteiger partial charge < -0.3 is 4.74 Å². The van der Waals surface area contributed by atoms with Gasteiger partial charge in [0.2, 0.25) is 0 Å². The van der Waals surface area contributed by atoms with E-state index in [1.165, 1.54) is 0 Å². The van der Waals surface area contributed by atoms with Crippen molar-refractivity contribution in [3.63, 3.8) is 0 Å². The van der Waals surface area contributed by atoms with Gasteiger partial charge in [-0.15, -0.1) is 0 Å². The molecule has 0 saturated carbocycles. The lowest BCUT2D eigenvalue weighted by molar-refractivity contribution is 0.247. The molecule has 0 bridgehead atoms. The van der Waals surface area contributed by atoms with Gasteiger partial charge in [-0.05, 0) is 0 Å². The van der Waals surface area contributed by atoms with Gasteiger partial charge in [0.1, 0.15) is 0 Å². The predicted molar refractivity (Wildman–Crippen MR) is 31.8 cm³/mol. The van der Waals surface area contributed by atoms with Crippen molar-refractivity contribution in [3.8, 4) is 0 Å². The van der Waals surface area contributed by atoms with Crippen molar-refractivity contribution < 1.29 is 4.74 Å². The first kappa shape index (κ1) is 5.12. The third kappa shape index (κ3) is 1.17. The highest BCUT2D eigenvalue weighted by atomic mass is 32.2. The molecule has 0 aromatic carbocycles. The molecule has 0 aliphatic carbocycles. The van der Waals surface area contributed by atoms with Gasteiger partial charge in [0, 0.05) is 7.11 Å². The van der Waals surface area contributed by atoms with Crippen molar-refractivity contribution in [2.24, 2.45) is 4.99 Å². The van der Waals surface area contributed by atoms with Gasteiger partial charge in [-0.25, -0.2) is 0 Å². The zero-order valence-corrected chi connectivity index (χ0v) is 4.99. The molecule has 0 fully saturated rings. The SMILES string of the molecule is COCC1=NCS1. The second-order valence-corrected chi connectivity index (χ2v) is 2.28. The summed E-state index contributed by atoms with van der Waals surface area (Å²) in [5.41, 5.74) is 0. The Bertz CT molecular complexity index is 91.7. The summed E-state index contributed by atoms with van der Waals surface area (Å²) in [6.07, 6.45) is 0. The van der Waals surface area contributed by atoms with Crippen molar-refractivity contribution in [2.45, 2.75) is 0 Å². The molecule has 3 heteroatoms. The van der Waals surface area contributed by atoms with Crippen LogP contribution in [0, 0.1) is 0 Å². The van der Waals surface area contributed by atoms with Crippen molar-refractivity contribution in [1.29, 1.82) is 0 Å². The van der Waals surface area contributed by atoms with Crippen LogP contribution in [0.4, 0.5) is 0 Å². The van der Waals surface area contributed by atoms with E-state index in [1.807, 2.05) is 0 Å². The quantitative estimate of drug-likeness (QED) is 0.532. The Morgan fingerprint density at radius 2 is 2.71 bits per heavy atom. The van der Waals surface area contributed by atoms with Crippen LogP contribution in [0.2, 0.25) is 0 Å². The van der Waals surface area contributed by atoms with Crippen LogP contribution in [0.15, 0.2) is 4.99 Å². The maximum atomic E-state index is 4.79. The molecule has 40 valence electrons. The number of aliphatic imine (C=N–C) groups is 1. The number of hydrogen-bond donors (Lipinski definition) is 0. The van der Waals surface area contributed by atoms with Crippen LogP contribution in [-0.2, 0) is 4.74 Å². The van der Waals surface area contributed by atoms with Gasteiger partial charge in [0.15, 0.2) is 0 Å². The molecule has 1 rings (SSSR count). The van der Waals surface area contributed by atoms with Crippen molar-refractivity contribution in [3.05, 3.63) is 0 Å². The first-order valence-corrected chi connectivity index (χ1v) is 3.07. The molecule has 1 aliphatic rings. The molecule has 0 atom stereocenters. The van der Waals surface area contributed by atoms with Gasteiger partial charge >= 0.3 is 0 Å². The fourth-order valence-corrected chi connectivity index (χ4v) is 0.879. The van der Waals surface area contributed by atoms with Crippen LogP contribution >= 0.6 is 11.8 Å². The van der Waals surface area contributed by atoms with E-state index in [4.69, 9.17) is 4.74 Å². The summed E-state index contributed by atoms with van der Waals surface area (Å²) in [6, 6.07) is 0. The van der Waals surface area contributed by atoms with E-state index in [0.717, 1.165) is 10.9 Å². The summed E-state index contributed by atoms with van der Waals surface area (Å²) in [7, 11) is 1.68. The molecule has 0 N–H and O–H groups in total. The zero-order chi connectivity index (χ0) is 5.11. The third-order valence-corrected chi connectivity index (χ3v) is 1.58. The summed E-state index contributed by atoms with van der Waals surface area (Å²) >= 11 is 1.75. The standard InChI is InChI=1S/C4H7NOS/c1-6-2-4-5-3-7-4/h2-3H2,1H3. The largest absolute Gasteiger partial charge is 0.378 e. The summed E-state index contributed by atoms with van der Waals surface area (Å²) in [5, 5.41) is 1.13. The van der Waals surface area contributed by atoms with E-state index in [-0.39, 0.29) is 0 Å². The highest BCUT2D eigenvalue weighted by Gasteiger charge is 2.05. The van der Waals surface area contributed by atoms with Crippen LogP contribution < -0.4 is 0 Å². The van der Waals surface area contributed by atoms with Crippen LogP contribution in [0.5, 0.6) is 0 Å². The van der Waals surface area contributed by atoms with Crippen molar-refractivity contribution in [2.75, 3.05) is 19.6 Å². The molecule has 0 aromatic heterocycles. The molecule has 2 nitrogen and oxygen atoms in total. The van der Waals surface area contributed by atoms with E-state index >= 15 is 0 Å². The lowest BCUT2D eigenvalue weighted by Crippen LogP contribution is -2.09. The Hall–Kier alpha value is -0.0200. The third-order valence-electron chi connectivity index (χ3n) is 0.740. The van der Waals surface area contributed by atoms with Crippen LogP contribution in [0.1, 0.15) is 0 Å². The average Bonchev–Trinajstić information content (AvgIpc) is 1.55.